The summed E-state index contributed by atoms with van der Waals surface area (Å²) in [5.41, 5.74) is 0.0721. The van der Waals surface area contributed by atoms with Gasteiger partial charge in [-0.25, -0.2) is 0 Å². The van der Waals surface area contributed by atoms with Crippen molar-refractivity contribution in [1.82, 2.24) is 14.7 Å². The molecule has 4 heteroatoms. The molecule has 0 aromatic heterocycles. The molecule has 1 amide bonds. The number of amides is 1. The summed E-state index contributed by atoms with van der Waals surface area (Å²) in [6.45, 7) is 11.9. The van der Waals surface area contributed by atoms with Crippen LogP contribution in [0.2, 0.25) is 0 Å². The van der Waals surface area contributed by atoms with Crippen molar-refractivity contribution >= 4 is 5.91 Å². The minimum Gasteiger partial charge on any atom is -0.339 e. The first-order chi connectivity index (χ1) is 7.71. The summed E-state index contributed by atoms with van der Waals surface area (Å²) in [7, 11) is 4.08. The van der Waals surface area contributed by atoms with E-state index in [1.807, 2.05) is 19.0 Å². The lowest BCUT2D eigenvalue weighted by atomic mass is 10.0. The van der Waals surface area contributed by atoms with Crippen molar-refractivity contribution in [3.63, 3.8) is 0 Å². The maximum Gasteiger partial charge on any atom is 0.236 e. The van der Waals surface area contributed by atoms with Crippen LogP contribution >= 0.6 is 0 Å². The Labute approximate surface area is 106 Å². The third kappa shape index (κ3) is 3.96. The van der Waals surface area contributed by atoms with Gasteiger partial charge in [0.1, 0.15) is 0 Å². The van der Waals surface area contributed by atoms with Crippen molar-refractivity contribution in [1.29, 1.82) is 0 Å². The van der Waals surface area contributed by atoms with Crippen LogP contribution in [-0.4, -0.2) is 72.5 Å². The summed E-state index contributed by atoms with van der Waals surface area (Å²) >= 11 is 0. The van der Waals surface area contributed by atoms with E-state index in [9.17, 15) is 4.79 Å². The third-order valence-corrected chi connectivity index (χ3v) is 3.35. The molecule has 0 bridgehead atoms. The van der Waals surface area contributed by atoms with E-state index >= 15 is 0 Å². The maximum atomic E-state index is 12.1. The Kier molecular flexibility index (Phi) is 4.55. The topological polar surface area (TPSA) is 26.8 Å². The second-order valence-corrected chi connectivity index (χ2v) is 6.29. The van der Waals surface area contributed by atoms with Gasteiger partial charge in [-0.2, -0.15) is 0 Å². The van der Waals surface area contributed by atoms with Gasteiger partial charge in [0.05, 0.1) is 6.54 Å². The molecule has 0 aliphatic carbocycles. The molecule has 0 aromatic carbocycles. The number of rotatable bonds is 3. The number of hydrogen-bond donors (Lipinski definition) is 0. The summed E-state index contributed by atoms with van der Waals surface area (Å²) in [6.07, 6.45) is 0. The Morgan fingerprint density at radius 3 is 2.41 bits per heavy atom. The highest BCUT2D eigenvalue weighted by Crippen LogP contribution is 2.21. The minimum atomic E-state index is 0.0721. The standard InChI is InChI=1S/C13H27N3O/c1-11-9-15(8-7-14(5)6)12(17)10-16(11)13(2,3)4/h11H,7-10H2,1-6H3/t11-/m1/s1. The van der Waals surface area contributed by atoms with Crippen molar-refractivity contribution in [3.05, 3.63) is 0 Å². The minimum absolute atomic E-state index is 0.0721. The number of likely N-dealkylation sites (N-methyl/N-ethyl adjacent to an activating group) is 1. The predicted octanol–water partition coefficient (Wildman–Crippen LogP) is 0.879. The third-order valence-electron chi connectivity index (χ3n) is 3.35. The van der Waals surface area contributed by atoms with Crippen molar-refractivity contribution in [2.24, 2.45) is 0 Å². The Bertz CT molecular complexity index is 270. The normalized spacial score (nSPS) is 23.6. The molecular weight excluding hydrogens is 214 g/mol. The van der Waals surface area contributed by atoms with E-state index < -0.39 is 0 Å². The molecule has 0 spiro atoms. The van der Waals surface area contributed by atoms with Gasteiger partial charge in [-0.3, -0.25) is 9.69 Å². The predicted molar refractivity (Wildman–Crippen MR) is 71.1 cm³/mol. The summed E-state index contributed by atoms with van der Waals surface area (Å²) in [4.78, 5) is 18.5. The average Bonchev–Trinajstić information content (AvgIpc) is 2.17. The zero-order valence-corrected chi connectivity index (χ0v) is 12.2. The molecule has 4 nitrogen and oxygen atoms in total. The first kappa shape index (κ1) is 14.5. The van der Waals surface area contributed by atoms with Crippen molar-refractivity contribution in [3.8, 4) is 0 Å². The van der Waals surface area contributed by atoms with Gasteiger partial charge in [-0.15, -0.1) is 0 Å². The molecule has 0 saturated carbocycles. The van der Waals surface area contributed by atoms with E-state index in [2.05, 4.69) is 37.5 Å². The van der Waals surface area contributed by atoms with Gasteiger partial charge in [0.2, 0.25) is 5.91 Å². The number of carbonyl (C=O) groups excluding carboxylic acids is 1. The summed E-state index contributed by atoms with van der Waals surface area (Å²) in [6, 6.07) is 0.440. The summed E-state index contributed by atoms with van der Waals surface area (Å²) < 4.78 is 0. The molecule has 1 rings (SSSR count). The Morgan fingerprint density at radius 1 is 1.35 bits per heavy atom. The number of hydrogen-bond acceptors (Lipinski definition) is 3. The fourth-order valence-corrected chi connectivity index (χ4v) is 2.36. The van der Waals surface area contributed by atoms with Crippen LogP contribution in [0.15, 0.2) is 0 Å². The van der Waals surface area contributed by atoms with Crippen LogP contribution in [0.25, 0.3) is 0 Å². The van der Waals surface area contributed by atoms with E-state index in [1.165, 1.54) is 0 Å². The molecule has 100 valence electrons. The molecule has 1 aliphatic rings. The molecule has 17 heavy (non-hydrogen) atoms. The van der Waals surface area contributed by atoms with Crippen LogP contribution in [0.5, 0.6) is 0 Å². The first-order valence-electron chi connectivity index (χ1n) is 6.41. The van der Waals surface area contributed by atoms with E-state index in [1.54, 1.807) is 0 Å². The Balaban J connectivity index is 2.58. The number of carbonyl (C=O) groups is 1. The lowest BCUT2D eigenvalue weighted by Crippen LogP contribution is -2.61. The van der Waals surface area contributed by atoms with Crippen LogP contribution in [0.1, 0.15) is 27.7 Å². The van der Waals surface area contributed by atoms with Crippen LogP contribution in [0, 0.1) is 0 Å². The highest BCUT2D eigenvalue weighted by Gasteiger charge is 2.35. The summed E-state index contributed by atoms with van der Waals surface area (Å²) in [5.74, 6) is 0.264. The van der Waals surface area contributed by atoms with Gasteiger partial charge in [0.25, 0.3) is 0 Å². The fourth-order valence-electron chi connectivity index (χ4n) is 2.36. The fraction of sp³-hybridized carbons (Fsp3) is 0.923. The van der Waals surface area contributed by atoms with Gasteiger partial charge in [0, 0.05) is 31.2 Å². The highest BCUT2D eigenvalue weighted by molar-refractivity contribution is 5.79. The average molecular weight is 241 g/mol. The molecule has 0 radical (unpaired) electrons. The molecule has 1 saturated heterocycles. The smallest absolute Gasteiger partial charge is 0.236 e. The van der Waals surface area contributed by atoms with Gasteiger partial charge in [-0.05, 0) is 41.8 Å². The molecule has 1 heterocycles. The van der Waals surface area contributed by atoms with Gasteiger partial charge < -0.3 is 9.80 Å². The highest BCUT2D eigenvalue weighted by atomic mass is 16.2. The van der Waals surface area contributed by atoms with Crippen molar-refractivity contribution in [2.45, 2.75) is 39.3 Å². The quantitative estimate of drug-likeness (QED) is 0.734. The van der Waals surface area contributed by atoms with E-state index in [-0.39, 0.29) is 11.4 Å². The molecule has 0 aromatic rings. The second kappa shape index (κ2) is 5.36. The van der Waals surface area contributed by atoms with Crippen molar-refractivity contribution < 1.29 is 4.79 Å². The molecular formula is C13H27N3O. The largest absolute Gasteiger partial charge is 0.339 e. The Hall–Kier alpha value is -0.610. The van der Waals surface area contributed by atoms with E-state index in [4.69, 9.17) is 0 Å². The SMILES string of the molecule is C[C@@H]1CN(CCN(C)C)C(=O)CN1C(C)(C)C. The van der Waals surface area contributed by atoms with Gasteiger partial charge in [0.15, 0.2) is 0 Å². The van der Waals surface area contributed by atoms with Crippen LogP contribution in [0.4, 0.5) is 0 Å². The molecule has 1 fully saturated rings. The van der Waals surface area contributed by atoms with Crippen LogP contribution < -0.4 is 0 Å². The lowest BCUT2D eigenvalue weighted by Gasteiger charge is -2.46. The lowest BCUT2D eigenvalue weighted by molar-refractivity contribution is -0.141. The first-order valence-corrected chi connectivity index (χ1v) is 6.41. The zero-order chi connectivity index (χ0) is 13.2. The van der Waals surface area contributed by atoms with E-state index in [0.29, 0.717) is 12.6 Å². The number of nitrogens with zero attached hydrogens (tertiary/aromatic N) is 3. The Morgan fingerprint density at radius 2 is 1.94 bits per heavy atom. The summed E-state index contributed by atoms with van der Waals surface area (Å²) in [5, 5.41) is 0. The molecule has 0 unspecified atom stereocenters. The number of piperazine rings is 1. The van der Waals surface area contributed by atoms with Crippen LogP contribution in [0.3, 0.4) is 0 Å². The zero-order valence-electron chi connectivity index (χ0n) is 12.2. The van der Waals surface area contributed by atoms with Gasteiger partial charge >= 0.3 is 0 Å². The van der Waals surface area contributed by atoms with Gasteiger partial charge in [-0.1, -0.05) is 0 Å². The van der Waals surface area contributed by atoms with E-state index in [0.717, 1.165) is 19.6 Å². The molecule has 0 N–H and O–H groups in total. The van der Waals surface area contributed by atoms with Crippen molar-refractivity contribution in [2.75, 3.05) is 40.3 Å². The monoisotopic (exact) mass is 241 g/mol. The maximum absolute atomic E-state index is 12.1. The molecule has 1 aliphatic heterocycles. The second-order valence-electron chi connectivity index (χ2n) is 6.29. The molecule has 1 atom stereocenters. The van der Waals surface area contributed by atoms with Crippen LogP contribution in [-0.2, 0) is 4.79 Å².